The van der Waals surface area contributed by atoms with Gasteiger partial charge in [-0.3, -0.25) is 0 Å². The molecule has 1 aliphatic carbocycles. The van der Waals surface area contributed by atoms with E-state index in [-0.39, 0.29) is 0 Å². The second-order valence-corrected chi connectivity index (χ2v) is 6.01. The lowest BCUT2D eigenvalue weighted by atomic mass is 10.0. The highest BCUT2D eigenvalue weighted by atomic mass is 79.9. The lowest BCUT2D eigenvalue weighted by Crippen LogP contribution is -2.40. The molecule has 1 aromatic carbocycles. The van der Waals surface area contributed by atoms with Crippen molar-refractivity contribution in [1.82, 2.24) is 0 Å². The zero-order valence-corrected chi connectivity index (χ0v) is 12.9. The van der Waals surface area contributed by atoms with Crippen molar-refractivity contribution in [3.8, 4) is 6.07 Å². The van der Waals surface area contributed by atoms with Crippen molar-refractivity contribution in [2.75, 3.05) is 18.0 Å². The molecule has 0 spiro atoms. The molecule has 1 aromatic rings. The summed E-state index contributed by atoms with van der Waals surface area (Å²) in [6.45, 7) is 3.86. The van der Waals surface area contributed by atoms with Crippen LogP contribution in [0.2, 0.25) is 0 Å². The Morgan fingerprint density at radius 2 is 2.21 bits per heavy atom. The molecular formula is C15H20BrN3. The van der Waals surface area contributed by atoms with Crippen LogP contribution >= 0.6 is 15.9 Å². The number of benzene rings is 1. The molecule has 1 saturated carbocycles. The molecule has 1 aliphatic rings. The molecule has 0 radical (unpaired) electrons. The van der Waals surface area contributed by atoms with Crippen LogP contribution in [0.3, 0.4) is 0 Å². The first-order valence-electron chi connectivity index (χ1n) is 6.87. The van der Waals surface area contributed by atoms with Gasteiger partial charge in [0.1, 0.15) is 0 Å². The maximum atomic E-state index is 9.10. The van der Waals surface area contributed by atoms with E-state index in [1.54, 1.807) is 0 Å². The van der Waals surface area contributed by atoms with Crippen LogP contribution in [0, 0.1) is 17.2 Å². The molecule has 3 nitrogen and oxygen atoms in total. The number of hydrogen-bond donors (Lipinski definition) is 1. The van der Waals surface area contributed by atoms with Crippen molar-refractivity contribution in [2.45, 2.75) is 32.2 Å². The molecule has 102 valence electrons. The van der Waals surface area contributed by atoms with Gasteiger partial charge >= 0.3 is 0 Å². The highest BCUT2D eigenvalue weighted by molar-refractivity contribution is 9.10. The maximum absolute atomic E-state index is 9.10. The van der Waals surface area contributed by atoms with Gasteiger partial charge < -0.3 is 10.6 Å². The van der Waals surface area contributed by atoms with Crippen LogP contribution in [0.25, 0.3) is 0 Å². The summed E-state index contributed by atoms with van der Waals surface area (Å²) >= 11 is 3.49. The van der Waals surface area contributed by atoms with E-state index < -0.39 is 0 Å². The number of nitrogens with zero attached hydrogens (tertiary/aromatic N) is 2. The summed E-state index contributed by atoms with van der Waals surface area (Å²) < 4.78 is 0.960. The summed E-state index contributed by atoms with van der Waals surface area (Å²) in [6.07, 6.45) is 3.67. The molecular weight excluding hydrogens is 302 g/mol. The summed E-state index contributed by atoms with van der Waals surface area (Å²) in [4.78, 5) is 2.40. The molecule has 0 aromatic heterocycles. The SMILES string of the molecule is CCN(c1cc(Br)cc(C#N)c1)C1CCCC1CN. The summed E-state index contributed by atoms with van der Waals surface area (Å²) in [6, 6.07) is 8.65. The number of anilines is 1. The number of nitrogens with two attached hydrogens (primary N) is 1. The summed E-state index contributed by atoms with van der Waals surface area (Å²) in [5.41, 5.74) is 7.72. The van der Waals surface area contributed by atoms with Gasteiger partial charge in [-0.25, -0.2) is 0 Å². The zero-order chi connectivity index (χ0) is 13.8. The Kier molecular flexibility index (Phi) is 4.84. The van der Waals surface area contributed by atoms with Gasteiger partial charge in [-0.1, -0.05) is 22.4 Å². The normalized spacial score (nSPS) is 22.2. The van der Waals surface area contributed by atoms with Gasteiger partial charge in [-0.05, 0) is 50.4 Å². The number of halogens is 1. The average Bonchev–Trinajstić information content (AvgIpc) is 2.87. The second kappa shape index (κ2) is 6.40. The van der Waals surface area contributed by atoms with Crippen molar-refractivity contribution in [2.24, 2.45) is 11.7 Å². The average molecular weight is 322 g/mol. The Balaban J connectivity index is 2.31. The lowest BCUT2D eigenvalue weighted by molar-refractivity contribution is 0.462. The molecule has 0 aliphatic heterocycles. The fraction of sp³-hybridized carbons (Fsp3) is 0.533. The third-order valence-electron chi connectivity index (χ3n) is 4.01. The first kappa shape index (κ1) is 14.4. The smallest absolute Gasteiger partial charge is 0.0992 e. The molecule has 2 atom stereocenters. The Labute approximate surface area is 123 Å². The summed E-state index contributed by atoms with van der Waals surface area (Å²) in [5.74, 6) is 0.574. The third kappa shape index (κ3) is 3.10. The highest BCUT2D eigenvalue weighted by Crippen LogP contribution is 2.33. The van der Waals surface area contributed by atoms with Gasteiger partial charge in [-0.2, -0.15) is 5.26 Å². The van der Waals surface area contributed by atoms with Crippen molar-refractivity contribution >= 4 is 21.6 Å². The van der Waals surface area contributed by atoms with Crippen molar-refractivity contribution in [3.05, 3.63) is 28.2 Å². The molecule has 2 N–H and O–H groups in total. The van der Waals surface area contributed by atoms with Crippen LogP contribution in [0.1, 0.15) is 31.7 Å². The maximum Gasteiger partial charge on any atom is 0.0992 e. The van der Waals surface area contributed by atoms with E-state index >= 15 is 0 Å². The van der Waals surface area contributed by atoms with Crippen LogP contribution in [-0.2, 0) is 0 Å². The Morgan fingerprint density at radius 1 is 1.42 bits per heavy atom. The van der Waals surface area contributed by atoms with Gasteiger partial charge in [0.15, 0.2) is 0 Å². The monoisotopic (exact) mass is 321 g/mol. The number of hydrogen-bond acceptors (Lipinski definition) is 3. The van der Waals surface area contributed by atoms with Gasteiger partial charge in [0.2, 0.25) is 0 Å². The van der Waals surface area contributed by atoms with Crippen LogP contribution in [0.4, 0.5) is 5.69 Å². The molecule has 19 heavy (non-hydrogen) atoms. The van der Waals surface area contributed by atoms with Crippen LogP contribution in [0.15, 0.2) is 22.7 Å². The number of rotatable bonds is 4. The molecule has 1 fully saturated rings. The van der Waals surface area contributed by atoms with E-state index in [2.05, 4.69) is 39.9 Å². The minimum Gasteiger partial charge on any atom is -0.368 e. The Bertz CT molecular complexity index is 481. The first-order valence-corrected chi connectivity index (χ1v) is 7.66. The standard InChI is InChI=1S/C15H20BrN3/c1-2-19(15-5-3-4-12(15)10-18)14-7-11(9-17)6-13(16)8-14/h6-8,12,15H,2-5,10,18H2,1H3. The largest absolute Gasteiger partial charge is 0.368 e. The molecule has 2 rings (SSSR count). The van der Waals surface area contributed by atoms with Crippen LogP contribution in [0.5, 0.6) is 0 Å². The van der Waals surface area contributed by atoms with Crippen molar-refractivity contribution in [1.29, 1.82) is 5.26 Å². The predicted molar refractivity (Wildman–Crippen MR) is 82.1 cm³/mol. The second-order valence-electron chi connectivity index (χ2n) is 5.09. The third-order valence-corrected chi connectivity index (χ3v) is 4.46. The van der Waals surface area contributed by atoms with E-state index in [0.717, 1.165) is 23.2 Å². The molecule has 0 amide bonds. The van der Waals surface area contributed by atoms with Crippen molar-refractivity contribution < 1.29 is 0 Å². The Morgan fingerprint density at radius 3 is 2.84 bits per heavy atom. The van der Waals surface area contributed by atoms with Gasteiger partial charge in [0.25, 0.3) is 0 Å². The number of nitriles is 1. The van der Waals surface area contributed by atoms with E-state index in [4.69, 9.17) is 11.0 Å². The van der Waals surface area contributed by atoms with E-state index in [1.807, 2.05) is 12.1 Å². The van der Waals surface area contributed by atoms with E-state index in [1.165, 1.54) is 19.3 Å². The fourth-order valence-electron chi connectivity index (χ4n) is 3.12. The fourth-order valence-corrected chi connectivity index (χ4v) is 3.60. The van der Waals surface area contributed by atoms with E-state index in [9.17, 15) is 0 Å². The Hall–Kier alpha value is -1.05. The topological polar surface area (TPSA) is 53.0 Å². The van der Waals surface area contributed by atoms with E-state index in [0.29, 0.717) is 17.5 Å². The highest BCUT2D eigenvalue weighted by Gasteiger charge is 2.30. The summed E-state index contributed by atoms with van der Waals surface area (Å²) in [7, 11) is 0. The molecule has 0 heterocycles. The minimum atomic E-state index is 0.510. The van der Waals surface area contributed by atoms with Crippen LogP contribution < -0.4 is 10.6 Å². The molecule has 0 bridgehead atoms. The lowest BCUT2D eigenvalue weighted by Gasteiger charge is -2.34. The molecule has 0 saturated heterocycles. The predicted octanol–water partition coefficient (Wildman–Crippen LogP) is 3.27. The zero-order valence-electron chi connectivity index (χ0n) is 11.3. The van der Waals surface area contributed by atoms with Gasteiger partial charge in [0.05, 0.1) is 11.6 Å². The molecule has 4 heteroatoms. The first-order chi connectivity index (χ1) is 9.19. The quantitative estimate of drug-likeness (QED) is 0.925. The van der Waals surface area contributed by atoms with Crippen LogP contribution in [-0.4, -0.2) is 19.1 Å². The van der Waals surface area contributed by atoms with Crippen molar-refractivity contribution in [3.63, 3.8) is 0 Å². The minimum absolute atomic E-state index is 0.510. The summed E-state index contributed by atoms with van der Waals surface area (Å²) in [5, 5.41) is 9.10. The van der Waals surface area contributed by atoms with Gasteiger partial charge in [-0.15, -0.1) is 0 Å². The van der Waals surface area contributed by atoms with Gasteiger partial charge in [0, 0.05) is 22.7 Å². The molecule has 2 unspecified atom stereocenters.